The molecule has 4 heteroatoms. The van der Waals surface area contributed by atoms with Crippen molar-refractivity contribution in [2.45, 2.75) is 25.9 Å². The Bertz CT molecular complexity index is 341. The van der Waals surface area contributed by atoms with Crippen LogP contribution in [0.5, 0.6) is 11.5 Å². The van der Waals surface area contributed by atoms with Gasteiger partial charge in [0.15, 0.2) is 11.5 Å². The molecule has 4 nitrogen and oxygen atoms in total. The summed E-state index contributed by atoms with van der Waals surface area (Å²) in [5, 5.41) is 9.40. The van der Waals surface area contributed by atoms with Gasteiger partial charge in [-0.3, -0.25) is 0 Å². The molecule has 96 valence electrons. The topological polar surface area (TPSA) is 64.7 Å². The molecule has 1 aromatic carbocycles. The second kappa shape index (κ2) is 7.14. The molecular formula is C13H21NO3. The van der Waals surface area contributed by atoms with Crippen LogP contribution < -0.4 is 15.2 Å². The van der Waals surface area contributed by atoms with E-state index in [9.17, 15) is 5.11 Å². The Balaban J connectivity index is 2.68. The van der Waals surface area contributed by atoms with Gasteiger partial charge in [0.1, 0.15) is 0 Å². The summed E-state index contributed by atoms with van der Waals surface area (Å²) in [5.41, 5.74) is 6.47. The maximum absolute atomic E-state index is 9.40. The lowest BCUT2D eigenvalue weighted by atomic mass is 10.1. The quantitative estimate of drug-likeness (QED) is 0.753. The van der Waals surface area contributed by atoms with E-state index in [1.807, 2.05) is 25.1 Å². The highest BCUT2D eigenvalue weighted by molar-refractivity contribution is 5.43. The number of hydrogen-bond donors (Lipinski definition) is 2. The molecule has 0 aliphatic rings. The Morgan fingerprint density at radius 3 is 2.71 bits per heavy atom. The molecule has 0 aliphatic heterocycles. The van der Waals surface area contributed by atoms with Crippen LogP contribution in [0.3, 0.4) is 0 Å². The Morgan fingerprint density at radius 1 is 1.35 bits per heavy atom. The maximum atomic E-state index is 9.40. The van der Waals surface area contributed by atoms with Crippen molar-refractivity contribution in [2.75, 3.05) is 20.3 Å². The zero-order valence-electron chi connectivity index (χ0n) is 10.5. The maximum Gasteiger partial charge on any atom is 0.161 e. The molecular weight excluding hydrogens is 218 g/mol. The zero-order valence-corrected chi connectivity index (χ0v) is 10.5. The van der Waals surface area contributed by atoms with Crippen molar-refractivity contribution >= 4 is 0 Å². The van der Waals surface area contributed by atoms with E-state index in [4.69, 9.17) is 15.2 Å². The van der Waals surface area contributed by atoms with Crippen molar-refractivity contribution in [3.63, 3.8) is 0 Å². The highest BCUT2D eigenvalue weighted by atomic mass is 16.5. The molecule has 1 rings (SSSR count). The van der Waals surface area contributed by atoms with Crippen LogP contribution >= 0.6 is 0 Å². The smallest absolute Gasteiger partial charge is 0.161 e. The van der Waals surface area contributed by atoms with Gasteiger partial charge < -0.3 is 20.3 Å². The fraction of sp³-hybridized carbons (Fsp3) is 0.538. The molecule has 17 heavy (non-hydrogen) atoms. The Hall–Kier alpha value is -1.26. The van der Waals surface area contributed by atoms with Crippen LogP contribution in [0, 0.1) is 0 Å². The Morgan fingerprint density at radius 2 is 2.12 bits per heavy atom. The number of aliphatic hydroxyl groups excluding tert-OH is 1. The number of benzene rings is 1. The SMILES string of the molecule is CCOc1ccc(CCC(O)CN)cc1OC. The fourth-order valence-electron chi connectivity index (χ4n) is 1.59. The summed E-state index contributed by atoms with van der Waals surface area (Å²) < 4.78 is 10.7. The first-order valence-corrected chi connectivity index (χ1v) is 5.89. The van der Waals surface area contributed by atoms with Gasteiger partial charge in [0.2, 0.25) is 0 Å². The van der Waals surface area contributed by atoms with Gasteiger partial charge in [0, 0.05) is 6.54 Å². The number of aliphatic hydroxyl groups is 1. The molecule has 1 unspecified atom stereocenters. The fourth-order valence-corrected chi connectivity index (χ4v) is 1.59. The first-order valence-electron chi connectivity index (χ1n) is 5.89. The molecule has 1 aromatic rings. The predicted molar refractivity (Wildman–Crippen MR) is 67.5 cm³/mol. The first-order chi connectivity index (χ1) is 8.21. The van der Waals surface area contributed by atoms with Crippen LogP contribution in [0.4, 0.5) is 0 Å². The Labute approximate surface area is 102 Å². The molecule has 0 bridgehead atoms. The van der Waals surface area contributed by atoms with Gasteiger partial charge in [-0.1, -0.05) is 6.07 Å². The zero-order chi connectivity index (χ0) is 12.7. The highest BCUT2D eigenvalue weighted by Gasteiger charge is 2.07. The molecule has 3 N–H and O–H groups in total. The molecule has 0 spiro atoms. The van der Waals surface area contributed by atoms with Crippen molar-refractivity contribution in [1.82, 2.24) is 0 Å². The number of methoxy groups -OCH3 is 1. The van der Waals surface area contributed by atoms with Gasteiger partial charge >= 0.3 is 0 Å². The van der Waals surface area contributed by atoms with Gasteiger partial charge in [-0.05, 0) is 37.5 Å². The van der Waals surface area contributed by atoms with E-state index in [2.05, 4.69) is 0 Å². The van der Waals surface area contributed by atoms with Gasteiger partial charge in [-0.25, -0.2) is 0 Å². The van der Waals surface area contributed by atoms with Crippen LogP contribution in [0.2, 0.25) is 0 Å². The molecule has 0 heterocycles. The molecule has 0 saturated heterocycles. The van der Waals surface area contributed by atoms with E-state index in [0.717, 1.165) is 23.5 Å². The van der Waals surface area contributed by atoms with E-state index < -0.39 is 6.10 Å². The van der Waals surface area contributed by atoms with Gasteiger partial charge in [-0.15, -0.1) is 0 Å². The number of ether oxygens (including phenoxy) is 2. The third-order valence-electron chi connectivity index (χ3n) is 2.57. The summed E-state index contributed by atoms with van der Waals surface area (Å²) in [5.74, 6) is 1.48. The number of hydrogen-bond acceptors (Lipinski definition) is 4. The number of nitrogens with two attached hydrogens (primary N) is 1. The standard InChI is InChI=1S/C13H21NO3/c1-3-17-12-7-5-10(8-13(12)16-2)4-6-11(15)9-14/h5,7-8,11,15H,3-4,6,9,14H2,1-2H3. The normalized spacial score (nSPS) is 12.2. The molecule has 0 amide bonds. The molecule has 0 fully saturated rings. The van der Waals surface area contributed by atoms with Crippen LogP contribution in [0.15, 0.2) is 18.2 Å². The van der Waals surface area contributed by atoms with Crippen molar-refractivity contribution in [3.8, 4) is 11.5 Å². The van der Waals surface area contributed by atoms with E-state index in [1.165, 1.54) is 0 Å². The van der Waals surface area contributed by atoms with Crippen molar-refractivity contribution in [3.05, 3.63) is 23.8 Å². The molecule has 0 aliphatic carbocycles. The van der Waals surface area contributed by atoms with Gasteiger partial charge in [0.05, 0.1) is 19.8 Å². The summed E-state index contributed by atoms with van der Waals surface area (Å²) in [7, 11) is 1.62. The molecule has 0 aromatic heterocycles. The summed E-state index contributed by atoms with van der Waals surface area (Å²) in [6.07, 6.45) is 1.00. The number of rotatable bonds is 7. The van der Waals surface area contributed by atoms with E-state index >= 15 is 0 Å². The lowest BCUT2D eigenvalue weighted by Crippen LogP contribution is -2.20. The van der Waals surface area contributed by atoms with Crippen LogP contribution in [-0.4, -0.2) is 31.5 Å². The highest BCUT2D eigenvalue weighted by Crippen LogP contribution is 2.28. The predicted octanol–water partition coefficient (Wildman–Crippen LogP) is 1.35. The summed E-state index contributed by atoms with van der Waals surface area (Å²) in [6, 6.07) is 5.82. The second-order valence-electron chi connectivity index (χ2n) is 3.85. The van der Waals surface area contributed by atoms with Gasteiger partial charge in [0.25, 0.3) is 0 Å². The summed E-state index contributed by atoms with van der Waals surface area (Å²) in [4.78, 5) is 0. The van der Waals surface area contributed by atoms with E-state index in [-0.39, 0.29) is 0 Å². The average molecular weight is 239 g/mol. The van der Waals surface area contributed by atoms with Crippen molar-refractivity contribution < 1.29 is 14.6 Å². The summed E-state index contributed by atoms with van der Waals surface area (Å²) in [6.45, 7) is 2.85. The molecule has 0 saturated carbocycles. The monoisotopic (exact) mass is 239 g/mol. The molecule has 0 radical (unpaired) electrons. The lowest BCUT2D eigenvalue weighted by molar-refractivity contribution is 0.173. The molecule has 1 atom stereocenters. The van der Waals surface area contributed by atoms with Gasteiger partial charge in [-0.2, -0.15) is 0 Å². The summed E-state index contributed by atoms with van der Waals surface area (Å²) >= 11 is 0. The third kappa shape index (κ3) is 4.24. The minimum absolute atomic E-state index is 0.300. The average Bonchev–Trinajstić information content (AvgIpc) is 2.37. The minimum atomic E-state index is -0.437. The van der Waals surface area contributed by atoms with Crippen LogP contribution in [0.25, 0.3) is 0 Å². The number of aryl methyl sites for hydroxylation is 1. The third-order valence-corrected chi connectivity index (χ3v) is 2.57. The van der Waals surface area contributed by atoms with Crippen molar-refractivity contribution in [1.29, 1.82) is 0 Å². The second-order valence-corrected chi connectivity index (χ2v) is 3.85. The van der Waals surface area contributed by atoms with E-state index in [1.54, 1.807) is 7.11 Å². The van der Waals surface area contributed by atoms with Crippen LogP contribution in [-0.2, 0) is 6.42 Å². The first kappa shape index (κ1) is 13.8. The van der Waals surface area contributed by atoms with Crippen molar-refractivity contribution in [2.24, 2.45) is 5.73 Å². The lowest BCUT2D eigenvalue weighted by Gasteiger charge is -2.12. The van der Waals surface area contributed by atoms with Crippen LogP contribution in [0.1, 0.15) is 18.9 Å². The van der Waals surface area contributed by atoms with E-state index in [0.29, 0.717) is 19.6 Å². The Kier molecular flexibility index (Phi) is 5.80. The largest absolute Gasteiger partial charge is 0.493 e. The minimum Gasteiger partial charge on any atom is -0.493 e.